The highest BCUT2D eigenvalue weighted by molar-refractivity contribution is 5.81. The number of hydrogen-bond donors (Lipinski definition) is 4. The fourth-order valence-corrected chi connectivity index (χ4v) is 0.652. The molecule has 12 nitrogen and oxygen atoms in total. The summed E-state index contributed by atoms with van der Waals surface area (Å²) in [5, 5.41) is 19.7. The van der Waals surface area contributed by atoms with Crippen LogP contribution in [-0.4, -0.2) is 46.8 Å². The number of amides is 2. The molecule has 0 unspecified atom stereocenters. The van der Waals surface area contributed by atoms with Gasteiger partial charge in [0.25, 0.3) is 0 Å². The van der Waals surface area contributed by atoms with Crippen LogP contribution in [0, 0.1) is 0 Å². The van der Waals surface area contributed by atoms with Gasteiger partial charge in [-0.2, -0.15) is 0 Å². The molecule has 0 aliphatic heterocycles. The molecule has 0 aliphatic carbocycles. The van der Waals surface area contributed by atoms with Gasteiger partial charge in [0.1, 0.15) is 12.1 Å². The number of primary amides is 2. The van der Waals surface area contributed by atoms with Gasteiger partial charge in [-0.1, -0.05) is 0 Å². The summed E-state index contributed by atoms with van der Waals surface area (Å²) < 4.78 is 0. The molecule has 2 amide bonds. The van der Waals surface area contributed by atoms with Gasteiger partial charge in [0.05, 0.1) is 24.8 Å². The Balaban J connectivity index is -0.000000116. The summed E-state index contributed by atoms with van der Waals surface area (Å²) >= 11 is 0. The lowest BCUT2D eigenvalue weighted by Gasteiger charge is -2.04. The Labute approximate surface area is 113 Å². The molecule has 0 heterocycles. The lowest BCUT2D eigenvalue weighted by molar-refractivity contribution is -0.436. The van der Waals surface area contributed by atoms with Crippen LogP contribution in [0.1, 0.15) is 12.8 Å². The van der Waals surface area contributed by atoms with Crippen LogP contribution in [0.2, 0.25) is 0 Å². The Morgan fingerprint density at radius 2 is 1.00 bits per heavy atom. The molecular formula is C8H20N4O8. The van der Waals surface area contributed by atoms with Crippen LogP contribution in [-0.2, 0) is 19.2 Å². The smallest absolute Gasteiger partial charge is 0.223 e. The van der Waals surface area contributed by atoms with Gasteiger partial charge < -0.3 is 53.7 Å². The zero-order valence-corrected chi connectivity index (χ0v) is 10.6. The molecule has 12 heteroatoms. The maximum atomic E-state index is 10.0. The van der Waals surface area contributed by atoms with Crippen molar-refractivity contribution in [1.29, 1.82) is 0 Å². The number of aliphatic carboxylic acids is 2. The molecular weight excluding hydrogens is 280 g/mol. The highest BCUT2D eigenvalue weighted by atomic mass is 16.4. The van der Waals surface area contributed by atoms with E-state index in [2.05, 4.69) is 22.9 Å². The van der Waals surface area contributed by atoms with Crippen molar-refractivity contribution in [2.24, 2.45) is 11.5 Å². The van der Waals surface area contributed by atoms with E-state index in [-0.39, 0.29) is 23.8 Å². The van der Waals surface area contributed by atoms with Crippen molar-refractivity contribution < 1.29 is 51.8 Å². The molecule has 2 atom stereocenters. The van der Waals surface area contributed by atoms with Crippen molar-refractivity contribution in [2.45, 2.75) is 24.9 Å². The third kappa shape index (κ3) is 18.1. The number of rotatable bonds is 6. The third-order valence-electron chi connectivity index (χ3n) is 1.56. The van der Waals surface area contributed by atoms with E-state index in [9.17, 15) is 29.4 Å². The van der Waals surface area contributed by atoms with Gasteiger partial charge >= 0.3 is 0 Å². The Hall–Kier alpha value is -2.28. The Morgan fingerprint density at radius 1 is 0.800 bits per heavy atom. The van der Waals surface area contributed by atoms with Gasteiger partial charge in [0.15, 0.2) is 0 Å². The molecule has 0 aromatic carbocycles. The highest BCUT2D eigenvalue weighted by Gasteiger charge is 2.10. The normalized spacial score (nSPS) is 11.3. The first-order chi connectivity index (χ1) is 8.07. The molecule has 120 valence electrons. The van der Waals surface area contributed by atoms with Gasteiger partial charge in [-0.3, -0.25) is 9.59 Å². The van der Waals surface area contributed by atoms with E-state index in [1.54, 1.807) is 0 Å². The lowest BCUT2D eigenvalue weighted by Crippen LogP contribution is -2.69. The van der Waals surface area contributed by atoms with Crippen LogP contribution in [0.15, 0.2) is 0 Å². The predicted molar refractivity (Wildman–Crippen MR) is 58.2 cm³/mol. The van der Waals surface area contributed by atoms with Gasteiger partial charge in [-0.25, -0.2) is 0 Å². The number of hydrogen-bond acceptors (Lipinski definition) is 6. The molecule has 14 N–H and O–H groups in total. The van der Waals surface area contributed by atoms with Gasteiger partial charge in [0, 0.05) is 0 Å². The molecule has 0 fully saturated rings. The Morgan fingerprint density at radius 3 is 1.05 bits per heavy atom. The maximum absolute atomic E-state index is 10.0. The summed E-state index contributed by atoms with van der Waals surface area (Å²) in [7, 11) is 0. The first-order valence-corrected chi connectivity index (χ1v) is 4.72. The van der Waals surface area contributed by atoms with E-state index in [1.165, 1.54) is 0 Å². The summed E-state index contributed by atoms with van der Waals surface area (Å²) in [6, 6.07) is -2.05. The van der Waals surface area contributed by atoms with E-state index in [4.69, 9.17) is 0 Å². The number of nitrogens with two attached hydrogens (primary N) is 2. The van der Waals surface area contributed by atoms with Crippen molar-refractivity contribution in [3.8, 4) is 0 Å². The summed E-state index contributed by atoms with van der Waals surface area (Å²) in [5.41, 5.74) is 15.6. The maximum Gasteiger partial charge on any atom is 0.223 e. The van der Waals surface area contributed by atoms with E-state index in [0.29, 0.717) is 0 Å². The zero-order chi connectivity index (χ0) is 14.9. The average molecular weight is 300 g/mol. The van der Waals surface area contributed by atoms with Crippen LogP contribution < -0.4 is 33.1 Å². The topological polar surface area (TPSA) is 285 Å². The van der Waals surface area contributed by atoms with Gasteiger partial charge in [-0.05, 0) is 0 Å². The molecule has 20 heavy (non-hydrogen) atoms. The molecule has 0 radical (unpaired) electrons. The van der Waals surface area contributed by atoms with Gasteiger partial charge in [0.2, 0.25) is 11.8 Å². The number of carboxylic acids is 2. The van der Waals surface area contributed by atoms with Crippen molar-refractivity contribution in [1.82, 2.24) is 0 Å². The second-order valence-corrected chi connectivity index (χ2v) is 3.37. The summed E-state index contributed by atoms with van der Waals surface area (Å²) in [6.45, 7) is 0. The zero-order valence-electron chi connectivity index (χ0n) is 10.6. The molecule has 0 aromatic heterocycles. The standard InChI is InChI=1S/2C4H8N2O3.2H2O/c2*5-2(4(8)9)1-3(6)7;;/h2*2H,1,5H2,(H2,6,7)(H,8,9);2*1H2/t2*2-;;/m00../s1. The van der Waals surface area contributed by atoms with Gasteiger partial charge in [-0.15, -0.1) is 0 Å². The molecule has 0 spiro atoms. The Bertz CT molecular complexity index is 302. The molecule has 0 rings (SSSR count). The minimum Gasteiger partial charge on any atom is -0.544 e. The average Bonchev–Trinajstić information content (AvgIpc) is 2.16. The minimum absolute atomic E-state index is 0. The van der Waals surface area contributed by atoms with E-state index >= 15 is 0 Å². The van der Waals surface area contributed by atoms with Crippen molar-refractivity contribution in [2.75, 3.05) is 0 Å². The van der Waals surface area contributed by atoms with E-state index in [1.807, 2.05) is 0 Å². The first-order valence-electron chi connectivity index (χ1n) is 4.72. The molecule has 0 aromatic rings. The van der Waals surface area contributed by atoms with Crippen LogP contribution >= 0.6 is 0 Å². The fourth-order valence-electron chi connectivity index (χ4n) is 0.652. The van der Waals surface area contributed by atoms with Crippen molar-refractivity contribution >= 4 is 23.8 Å². The predicted octanol–water partition coefficient (Wildman–Crippen LogP) is -9.21. The van der Waals surface area contributed by atoms with E-state index in [0.717, 1.165) is 0 Å². The van der Waals surface area contributed by atoms with Crippen LogP contribution in [0.5, 0.6) is 0 Å². The highest BCUT2D eigenvalue weighted by Crippen LogP contribution is 1.80. The SMILES string of the molecule is NC(=O)C[C@H]([NH3+])C(=O)[O-].NC(=O)C[C@H]([NH3+])C(=O)[O-].O.O. The number of quaternary nitrogens is 2. The third-order valence-corrected chi connectivity index (χ3v) is 1.56. The summed E-state index contributed by atoms with van der Waals surface area (Å²) in [6.07, 6.45) is -0.523. The second-order valence-electron chi connectivity index (χ2n) is 3.37. The summed E-state index contributed by atoms with van der Waals surface area (Å²) in [5.74, 6) is -4.07. The molecule has 0 bridgehead atoms. The molecule has 0 aliphatic rings. The molecule has 0 saturated heterocycles. The second kappa shape index (κ2) is 13.2. The number of carboxylic acid groups (broad SMARTS) is 2. The number of carbonyl (C=O) groups is 4. The van der Waals surface area contributed by atoms with Crippen molar-refractivity contribution in [3.05, 3.63) is 0 Å². The fraction of sp³-hybridized carbons (Fsp3) is 0.500. The van der Waals surface area contributed by atoms with E-state index < -0.39 is 35.8 Å². The molecule has 0 saturated carbocycles. The van der Waals surface area contributed by atoms with Crippen molar-refractivity contribution in [3.63, 3.8) is 0 Å². The monoisotopic (exact) mass is 300 g/mol. The lowest BCUT2D eigenvalue weighted by atomic mass is 10.2. The van der Waals surface area contributed by atoms with Crippen LogP contribution in [0.25, 0.3) is 0 Å². The Kier molecular flexibility index (Phi) is 17.3. The quantitative estimate of drug-likeness (QED) is 0.368. The van der Waals surface area contributed by atoms with Crippen LogP contribution in [0.3, 0.4) is 0 Å². The largest absolute Gasteiger partial charge is 0.544 e. The first kappa shape index (κ1) is 26.3. The number of carbonyl (C=O) groups excluding carboxylic acids is 4. The van der Waals surface area contributed by atoms with Crippen LogP contribution in [0.4, 0.5) is 0 Å². The summed E-state index contributed by atoms with van der Waals surface area (Å²) in [4.78, 5) is 39.7. The minimum atomic E-state index is -1.35.